The van der Waals surface area contributed by atoms with Crippen LogP contribution >= 0.6 is 11.8 Å². The Balaban J connectivity index is 1.54. The summed E-state index contributed by atoms with van der Waals surface area (Å²) in [5.74, 6) is -2.55. The van der Waals surface area contributed by atoms with E-state index in [1.807, 2.05) is 30.3 Å². The average molecular weight is 485 g/mol. The second-order valence-corrected chi connectivity index (χ2v) is 8.11. The largest absolute Gasteiger partial charge is 0.480 e. The minimum atomic E-state index is -1.05. The summed E-state index contributed by atoms with van der Waals surface area (Å²) < 4.78 is 48.1. The van der Waals surface area contributed by atoms with Crippen molar-refractivity contribution >= 4 is 23.4 Å². The van der Waals surface area contributed by atoms with Crippen LogP contribution in [0.25, 0.3) is 5.69 Å². The quantitative estimate of drug-likeness (QED) is 0.332. The average Bonchev–Trinajstić information content (AvgIpc) is 3.26. The van der Waals surface area contributed by atoms with Crippen molar-refractivity contribution in [3.05, 3.63) is 96.1 Å². The van der Waals surface area contributed by atoms with Crippen molar-refractivity contribution in [1.82, 2.24) is 14.8 Å². The Labute approximate surface area is 197 Å². The molecular formula is C24H19F3N4O2S. The van der Waals surface area contributed by atoms with Crippen molar-refractivity contribution in [2.45, 2.75) is 18.2 Å². The van der Waals surface area contributed by atoms with E-state index in [4.69, 9.17) is 4.74 Å². The van der Waals surface area contributed by atoms with E-state index in [9.17, 15) is 18.0 Å². The van der Waals surface area contributed by atoms with Gasteiger partial charge in [0, 0.05) is 17.4 Å². The molecule has 34 heavy (non-hydrogen) atoms. The SMILES string of the molecule is CC(Oc1ccccc1F)c1nnc(SCC(=O)Nc2ccc(F)c(F)c2)n1-c1ccccc1. The molecule has 1 N–H and O–H groups in total. The number of benzene rings is 3. The van der Waals surface area contributed by atoms with Crippen LogP contribution in [0.5, 0.6) is 5.75 Å². The third kappa shape index (κ3) is 5.40. The minimum Gasteiger partial charge on any atom is -0.480 e. The Morgan fingerprint density at radius 3 is 2.44 bits per heavy atom. The topological polar surface area (TPSA) is 69.0 Å². The second-order valence-electron chi connectivity index (χ2n) is 7.17. The lowest BCUT2D eigenvalue weighted by atomic mass is 10.3. The molecule has 0 bridgehead atoms. The van der Waals surface area contributed by atoms with E-state index in [1.165, 1.54) is 18.2 Å². The number of hydrogen-bond donors (Lipinski definition) is 1. The number of carbonyl (C=O) groups is 1. The zero-order valence-electron chi connectivity index (χ0n) is 17.9. The maximum atomic E-state index is 14.1. The smallest absolute Gasteiger partial charge is 0.234 e. The molecule has 0 aliphatic carbocycles. The lowest BCUT2D eigenvalue weighted by molar-refractivity contribution is -0.113. The van der Waals surface area contributed by atoms with Crippen molar-refractivity contribution in [3.8, 4) is 11.4 Å². The first-order valence-electron chi connectivity index (χ1n) is 10.2. The Morgan fingerprint density at radius 2 is 1.71 bits per heavy atom. The Hall–Kier alpha value is -3.79. The molecule has 3 aromatic carbocycles. The first-order chi connectivity index (χ1) is 16.4. The Bertz CT molecular complexity index is 1300. The molecule has 10 heteroatoms. The van der Waals surface area contributed by atoms with Crippen molar-refractivity contribution in [2.75, 3.05) is 11.1 Å². The number of rotatable bonds is 8. The van der Waals surface area contributed by atoms with Gasteiger partial charge in [0.25, 0.3) is 0 Å². The summed E-state index contributed by atoms with van der Waals surface area (Å²) in [5, 5.41) is 11.3. The van der Waals surface area contributed by atoms with E-state index in [-0.39, 0.29) is 17.2 Å². The molecule has 0 radical (unpaired) electrons. The van der Waals surface area contributed by atoms with Gasteiger partial charge in [0.05, 0.1) is 5.75 Å². The normalized spacial score (nSPS) is 11.8. The third-order valence-electron chi connectivity index (χ3n) is 4.71. The maximum Gasteiger partial charge on any atom is 0.234 e. The van der Waals surface area contributed by atoms with Gasteiger partial charge in [0.15, 0.2) is 40.3 Å². The van der Waals surface area contributed by atoms with Crippen LogP contribution in [-0.2, 0) is 4.79 Å². The zero-order chi connectivity index (χ0) is 24.1. The van der Waals surface area contributed by atoms with Crippen molar-refractivity contribution in [1.29, 1.82) is 0 Å². The van der Waals surface area contributed by atoms with Gasteiger partial charge in [-0.25, -0.2) is 13.2 Å². The number of para-hydroxylation sites is 2. The fourth-order valence-electron chi connectivity index (χ4n) is 3.14. The van der Waals surface area contributed by atoms with Crippen LogP contribution in [0, 0.1) is 17.5 Å². The summed E-state index contributed by atoms with van der Waals surface area (Å²) in [6.45, 7) is 1.72. The number of nitrogens with zero attached hydrogens (tertiary/aromatic N) is 3. The molecule has 1 unspecified atom stereocenters. The van der Waals surface area contributed by atoms with Crippen LogP contribution in [0.3, 0.4) is 0 Å². The fourth-order valence-corrected chi connectivity index (χ4v) is 3.90. The number of halogens is 3. The summed E-state index contributed by atoms with van der Waals surface area (Å²) in [7, 11) is 0. The highest BCUT2D eigenvalue weighted by Gasteiger charge is 2.22. The van der Waals surface area contributed by atoms with Crippen LogP contribution < -0.4 is 10.1 Å². The van der Waals surface area contributed by atoms with Crippen molar-refractivity contribution in [3.63, 3.8) is 0 Å². The monoisotopic (exact) mass is 484 g/mol. The van der Waals surface area contributed by atoms with Gasteiger partial charge in [-0.1, -0.05) is 42.1 Å². The van der Waals surface area contributed by atoms with Crippen LogP contribution in [-0.4, -0.2) is 26.4 Å². The van der Waals surface area contributed by atoms with Crippen molar-refractivity contribution < 1.29 is 22.7 Å². The minimum absolute atomic E-state index is 0.0630. The molecule has 4 aromatic rings. The number of anilines is 1. The molecule has 1 atom stereocenters. The first kappa shape index (κ1) is 23.4. The fraction of sp³-hybridized carbons (Fsp3) is 0.125. The maximum absolute atomic E-state index is 14.1. The number of hydrogen-bond acceptors (Lipinski definition) is 5. The molecule has 1 aromatic heterocycles. The molecule has 0 aliphatic heterocycles. The van der Waals surface area contributed by atoms with Gasteiger partial charge in [-0.2, -0.15) is 0 Å². The number of carbonyl (C=O) groups excluding carboxylic acids is 1. The summed E-state index contributed by atoms with van der Waals surface area (Å²) in [6, 6.07) is 18.4. The molecule has 1 heterocycles. The second kappa shape index (κ2) is 10.4. The Kier molecular flexibility index (Phi) is 7.17. The third-order valence-corrected chi connectivity index (χ3v) is 5.64. The molecule has 0 spiro atoms. The van der Waals surface area contributed by atoms with E-state index in [0.717, 1.165) is 29.6 Å². The molecule has 0 saturated heterocycles. The lowest BCUT2D eigenvalue weighted by Crippen LogP contribution is -2.15. The van der Waals surface area contributed by atoms with Crippen LogP contribution in [0.4, 0.5) is 18.9 Å². The summed E-state index contributed by atoms with van der Waals surface area (Å²) >= 11 is 1.10. The molecule has 6 nitrogen and oxygen atoms in total. The van der Waals surface area contributed by atoms with Gasteiger partial charge >= 0.3 is 0 Å². The lowest BCUT2D eigenvalue weighted by Gasteiger charge is -2.17. The van der Waals surface area contributed by atoms with Gasteiger partial charge in [-0.3, -0.25) is 9.36 Å². The van der Waals surface area contributed by atoms with E-state index < -0.39 is 29.5 Å². The standard InChI is InChI=1S/C24H19F3N4O2S/c1-15(33-21-10-6-5-9-19(21)26)23-29-30-24(31(23)17-7-3-2-4-8-17)34-14-22(32)28-16-11-12-18(25)20(27)13-16/h2-13,15H,14H2,1H3,(H,28,32). The molecule has 4 rings (SSSR count). The molecular weight excluding hydrogens is 465 g/mol. The molecule has 0 saturated carbocycles. The number of thioether (sulfide) groups is 1. The Morgan fingerprint density at radius 1 is 0.971 bits per heavy atom. The predicted molar refractivity (Wildman–Crippen MR) is 123 cm³/mol. The highest BCUT2D eigenvalue weighted by atomic mass is 32.2. The number of nitrogens with one attached hydrogen (secondary N) is 1. The highest BCUT2D eigenvalue weighted by Crippen LogP contribution is 2.29. The summed E-state index contributed by atoms with van der Waals surface area (Å²) in [5.41, 5.74) is 0.872. The van der Waals surface area contributed by atoms with Gasteiger partial charge in [0.2, 0.25) is 5.91 Å². The van der Waals surface area contributed by atoms with E-state index in [1.54, 1.807) is 23.6 Å². The van der Waals surface area contributed by atoms with E-state index >= 15 is 0 Å². The number of aromatic nitrogens is 3. The highest BCUT2D eigenvalue weighted by molar-refractivity contribution is 7.99. The molecule has 1 amide bonds. The van der Waals surface area contributed by atoms with Crippen LogP contribution in [0.15, 0.2) is 78.0 Å². The van der Waals surface area contributed by atoms with Gasteiger partial charge in [0.1, 0.15) is 0 Å². The number of ether oxygens (including phenoxy) is 1. The number of amides is 1. The van der Waals surface area contributed by atoms with Crippen LogP contribution in [0.1, 0.15) is 18.9 Å². The predicted octanol–water partition coefficient (Wildman–Crippen LogP) is 5.56. The van der Waals surface area contributed by atoms with Crippen LogP contribution in [0.2, 0.25) is 0 Å². The van der Waals surface area contributed by atoms with Gasteiger partial charge in [-0.05, 0) is 43.3 Å². The van der Waals surface area contributed by atoms with Gasteiger partial charge in [-0.15, -0.1) is 10.2 Å². The zero-order valence-corrected chi connectivity index (χ0v) is 18.7. The van der Waals surface area contributed by atoms with E-state index in [2.05, 4.69) is 15.5 Å². The molecule has 174 valence electrons. The van der Waals surface area contributed by atoms with Crippen molar-refractivity contribution in [2.24, 2.45) is 0 Å². The van der Waals surface area contributed by atoms with E-state index in [0.29, 0.717) is 11.0 Å². The molecule has 0 aliphatic rings. The summed E-state index contributed by atoms with van der Waals surface area (Å²) in [4.78, 5) is 12.4. The first-order valence-corrected chi connectivity index (χ1v) is 11.2. The van der Waals surface area contributed by atoms with Gasteiger partial charge < -0.3 is 10.1 Å². The summed E-state index contributed by atoms with van der Waals surface area (Å²) in [6.07, 6.45) is -0.657. The molecule has 0 fully saturated rings.